The molecule has 0 unspecified atom stereocenters. The van der Waals surface area contributed by atoms with Gasteiger partial charge < -0.3 is 9.32 Å². The van der Waals surface area contributed by atoms with Crippen molar-refractivity contribution in [2.45, 2.75) is 38.5 Å². The van der Waals surface area contributed by atoms with Crippen LogP contribution in [0.25, 0.3) is 11.0 Å². The second kappa shape index (κ2) is 7.75. The highest BCUT2D eigenvalue weighted by Gasteiger charge is 2.30. The number of carbonyl (C=O) groups is 1. The Bertz CT molecular complexity index is 1340. The van der Waals surface area contributed by atoms with Gasteiger partial charge in [-0.1, -0.05) is 6.07 Å². The number of fused-ring (bicyclic) bond motifs is 1. The molecule has 0 aliphatic carbocycles. The monoisotopic (exact) mass is 437 g/mol. The smallest absolute Gasteiger partial charge is 0.289 e. The third-order valence-corrected chi connectivity index (χ3v) is 7.33. The van der Waals surface area contributed by atoms with Crippen LogP contribution in [0.1, 0.15) is 45.7 Å². The summed E-state index contributed by atoms with van der Waals surface area (Å²) in [7, 11) is -4.04. The minimum absolute atomic E-state index is 0.00781. The number of carbonyl (C=O) groups excluding carboxylic acids is 1. The number of hydrogen-bond donors (Lipinski definition) is 1. The van der Waals surface area contributed by atoms with Crippen molar-refractivity contribution in [2.75, 3.05) is 17.8 Å². The summed E-state index contributed by atoms with van der Waals surface area (Å²) in [6, 6.07) is 10.1. The molecule has 3 aromatic rings. The Kier molecular flexibility index (Phi) is 5.23. The van der Waals surface area contributed by atoms with Gasteiger partial charge in [0, 0.05) is 24.0 Å². The number of hydrogen-bond acceptors (Lipinski definition) is 5. The molecule has 0 bridgehead atoms. The zero-order valence-corrected chi connectivity index (χ0v) is 18.5. The van der Waals surface area contributed by atoms with Crippen LogP contribution in [0.15, 0.2) is 39.6 Å². The largest absolute Gasteiger partial charge is 0.449 e. The molecule has 1 fully saturated rings. The third kappa shape index (κ3) is 3.66. The zero-order chi connectivity index (χ0) is 22.3. The summed E-state index contributed by atoms with van der Waals surface area (Å²) in [6.45, 7) is 6.68. The number of nitrogens with one attached hydrogen (secondary N) is 1. The van der Waals surface area contributed by atoms with E-state index < -0.39 is 10.0 Å². The number of nitrogens with zero attached hydrogens (tertiary/aromatic N) is 2. The van der Waals surface area contributed by atoms with Crippen molar-refractivity contribution >= 4 is 32.6 Å². The number of amides is 1. The van der Waals surface area contributed by atoms with Crippen molar-refractivity contribution in [1.29, 1.82) is 5.26 Å². The Morgan fingerprint density at radius 1 is 1.13 bits per heavy atom. The zero-order valence-electron chi connectivity index (χ0n) is 17.7. The molecule has 1 aromatic heterocycles. The quantitative estimate of drug-likeness (QED) is 0.657. The summed E-state index contributed by atoms with van der Waals surface area (Å²) in [5.41, 5.74) is 2.77. The van der Waals surface area contributed by atoms with Crippen LogP contribution < -0.4 is 4.72 Å². The molecule has 0 radical (unpaired) electrons. The van der Waals surface area contributed by atoms with Crippen LogP contribution in [0.5, 0.6) is 0 Å². The van der Waals surface area contributed by atoms with Gasteiger partial charge in [-0.2, -0.15) is 5.26 Å². The van der Waals surface area contributed by atoms with Crippen molar-refractivity contribution in [2.24, 2.45) is 0 Å². The highest BCUT2D eigenvalue weighted by Crippen LogP contribution is 2.36. The molecule has 1 amide bonds. The number of sulfonamides is 1. The van der Waals surface area contributed by atoms with E-state index in [-0.39, 0.29) is 27.8 Å². The van der Waals surface area contributed by atoms with Gasteiger partial charge in [-0.25, -0.2) is 8.42 Å². The standard InChI is InChI=1S/C23H23N3O4S/c1-14-11-19-16(3)20(23(27)26-9-4-5-10-26)30-21(19)22(15(14)2)31(28,29)25-18-8-6-7-17(12-18)13-24/h6-8,11-12,25H,4-5,9-10H2,1-3H3. The van der Waals surface area contributed by atoms with Crippen LogP contribution >= 0.6 is 0 Å². The molecule has 1 aliphatic rings. The number of nitriles is 1. The summed E-state index contributed by atoms with van der Waals surface area (Å²) in [4.78, 5) is 14.7. The minimum Gasteiger partial charge on any atom is -0.449 e. The van der Waals surface area contributed by atoms with E-state index in [4.69, 9.17) is 9.68 Å². The third-order valence-electron chi connectivity index (χ3n) is 5.79. The van der Waals surface area contributed by atoms with E-state index >= 15 is 0 Å². The molecule has 0 spiro atoms. The first-order valence-corrected chi connectivity index (χ1v) is 11.6. The van der Waals surface area contributed by atoms with Crippen LogP contribution in [-0.2, 0) is 10.0 Å². The lowest BCUT2D eigenvalue weighted by Crippen LogP contribution is -2.27. The van der Waals surface area contributed by atoms with E-state index in [0.717, 1.165) is 18.4 Å². The average Bonchev–Trinajstić information content (AvgIpc) is 3.37. The van der Waals surface area contributed by atoms with Gasteiger partial charge in [0.25, 0.3) is 15.9 Å². The van der Waals surface area contributed by atoms with Crippen molar-refractivity contribution < 1.29 is 17.6 Å². The number of likely N-dealkylation sites (tertiary alicyclic amines) is 1. The lowest BCUT2D eigenvalue weighted by atomic mass is 10.0. The predicted molar refractivity (Wildman–Crippen MR) is 118 cm³/mol. The summed E-state index contributed by atoms with van der Waals surface area (Å²) in [6.07, 6.45) is 1.91. The van der Waals surface area contributed by atoms with Gasteiger partial charge in [0.1, 0.15) is 4.90 Å². The van der Waals surface area contributed by atoms with Crippen molar-refractivity contribution in [3.63, 3.8) is 0 Å². The SMILES string of the molecule is Cc1cc2c(C)c(C(=O)N3CCCC3)oc2c(S(=O)(=O)Nc2cccc(C#N)c2)c1C. The van der Waals surface area contributed by atoms with Crippen molar-refractivity contribution in [3.8, 4) is 6.07 Å². The molecule has 31 heavy (non-hydrogen) atoms. The molecule has 1 saturated heterocycles. The molecule has 4 rings (SSSR count). The molecule has 0 saturated carbocycles. The van der Waals surface area contributed by atoms with E-state index in [2.05, 4.69) is 4.72 Å². The summed E-state index contributed by atoms with van der Waals surface area (Å²) < 4.78 is 35.3. The average molecular weight is 438 g/mol. The molecule has 8 heteroatoms. The van der Waals surface area contributed by atoms with Crippen LogP contribution in [0.4, 0.5) is 5.69 Å². The molecule has 2 aromatic carbocycles. The maximum Gasteiger partial charge on any atom is 0.289 e. The van der Waals surface area contributed by atoms with Crippen LogP contribution in [-0.4, -0.2) is 32.3 Å². The van der Waals surface area contributed by atoms with Crippen LogP contribution in [0, 0.1) is 32.1 Å². The number of aryl methyl sites for hydroxylation is 2. The molecule has 1 aliphatic heterocycles. The topological polar surface area (TPSA) is 103 Å². The van der Waals surface area contributed by atoms with Gasteiger partial charge in [-0.05, 0) is 69.0 Å². The van der Waals surface area contributed by atoms with E-state index in [0.29, 0.717) is 35.2 Å². The van der Waals surface area contributed by atoms with Gasteiger partial charge in [0.15, 0.2) is 11.3 Å². The molecule has 160 valence electrons. The lowest BCUT2D eigenvalue weighted by molar-refractivity contribution is 0.0762. The van der Waals surface area contributed by atoms with Crippen LogP contribution in [0.3, 0.4) is 0 Å². The van der Waals surface area contributed by atoms with Crippen molar-refractivity contribution in [3.05, 3.63) is 58.3 Å². The molecule has 0 atom stereocenters. The molecule has 1 N–H and O–H groups in total. The predicted octanol–water partition coefficient (Wildman–Crippen LogP) is 4.27. The maximum atomic E-state index is 13.4. The molecule has 2 heterocycles. The Morgan fingerprint density at radius 3 is 2.52 bits per heavy atom. The molecule has 7 nitrogen and oxygen atoms in total. The molecular formula is C23H23N3O4S. The fourth-order valence-corrected chi connectivity index (χ4v) is 5.49. The fraction of sp³-hybridized carbons (Fsp3) is 0.304. The summed E-state index contributed by atoms with van der Waals surface area (Å²) in [5, 5.41) is 9.70. The normalized spacial score (nSPS) is 14.1. The number of anilines is 1. The Balaban J connectivity index is 1.86. The molecular weight excluding hydrogens is 414 g/mol. The summed E-state index contributed by atoms with van der Waals surface area (Å²) >= 11 is 0. The van der Waals surface area contributed by atoms with Gasteiger partial charge in [0.2, 0.25) is 0 Å². The van der Waals surface area contributed by atoms with E-state index in [9.17, 15) is 13.2 Å². The summed E-state index contributed by atoms with van der Waals surface area (Å²) in [5.74, 6) is -0.0237. The van der Waals surface area contributed by atoms with Gasteiger partial charge in [-0.15, -0.1) is 0 Å². The number of benzene rings is 2. The second-order valence-electron chi connectivity index (χ2n) is 7.88. The van der Waals surface area contributed by atoms with Gasteiger partial charge in [0.05, 0.1) is 17.3 Å². The van der Waals surface area contributed by atoms with E-state index in [1.807, 2.05) is 19.1 Å². The van der Waals surface area contributed by atoms with E-state index in [1.165, 1.54) is 6.07 Å². The first-order chi connectivity index (χ1) is 14.7. The van der Waals surface area contributed by atoms with E-state index in [1.54, 1.807) is 36.9 Å². The first kappa shape index (κ1) is 20.9. The van der Waals surface area contributed by atoms with Gasteiger partial charge in [-0.3, -0.25) is 9.52 Å². The first-order valence-electron chi connectivity index (χ1n) is 10.1. The second-order valence-corrected chi connectivity index (χ2v) is 9.50. The Morgan fingerprint density at radius 2 is 1.84 bits per heavy atom. The van der Waals surface area contributed by atoms with Crippen LogP contribution in [0.2, 0.25) is 0 Å². The number of rotatable bonds is 4. The van der Waals surface area contributed by atoms with Crippen molar-refractivity contribution in [1.82, 2.24) is 4.90 Å². The Labute approximate surface area is 181 Å². The number of furan rings is 1. The highest BCUT2D eigenvalue weighted by molar-refractivity contribution is 7.93. The lowest BCUT2D eigenvalue weighted by Gasteiger charge is -2.13. The fourth-order valence-electron chi connectivity index (χ4n) is 3.99. The highest BCUT2D eigenvalue weighted by atomic mass is 32.2. The van der Waals surface area contributed by atoms with Gasteiger partial charge >= 0.3 is 0 Å². The Hall–Kier alpha value is -3.31. The minimum atomic E-state index is -4.04. The maximum absolute atomic E-state index is 13.4.